The number of hydrogen-bond acceptors (Lipinski definition) is 10. The second-order valence-corrected chi connectivity index (χ2v) is 20.8. The molecule has 2 aliphatic rings. The lowest BCUT2D eigenvalue weighted by molar-refractivity contribution is 0.0575. The predicted molar refractivity (Wildman–Crippen MR) is 193 cm³/mol. The number of nitriles is 1. The van der Waals surface area contributed by atoms with E-state index in [1.165, 1.54) is 0 Å². The van der Waals surface area contributed by atoms with Crippen molar-refractivity contribution in [1.82, 2.24) is 15.0 Å². The van der Waals surface area contributed by atoms with E-state index in [0.717, 1.165) is 28.8 Å². The van der Waals surface area contributed by atoms with Crippen molar-refractivity contribution in [2.75, 3.05) is 30.0 Å². The Balaban J connectivity index is 1.56. The Kier molecular flexibility index (Phi) is 9.87. The fourth-order valence-electron chi connectivity index (χ4n) is 5.65. The number of aromatic nitrogens is 3. The summed E-state index contributed by atoms with van der Waals surface area (Å²) in [6.07, 6.45) is 1.82. The van der Waals surface area contributed by atoms with Crippen LogP contribution in [-0.4, -0.2) is 60.8 Å². The standard InChI is InChI=1S/C37H50N6O5Si/c1-23(2)47-32-30(18-26-20-45-15-13-29(26)40-32)42-33-39-14-12-28(41-33)24-16-25(19-38)31-27(17-24)37(9,22-46-49(10,11)36(6,7)8)21-43(31)34(44)48-35(3,4)5/h12,14,16-18,23H,13,15,20-22H2,1-11H3,(H,39,41,42)/t37-/m1/s1. The first-order chi connectivity index (χ1) is 22.8. The summed E-state index contributed by atoms with van der Waals surface area (Å²) >= 11 is 0. The van der Waals surface area contributed by atoms with E-state index < -0.39 is 25.4 Å². The van der Waals surface area contributed by atoms with Gasteiger partial charge in [0.2, 0.25) is 11.8 Å². The number of fused-ring (bicyclic) bond motifs is 2. The third kappa shape index (κ3) is 7.90. The molecule has 0 spiro atoms. The summed E-state index contributed by atoms with van der Waals surface area (Å²) in [5.74, 6) is 0.830. The fraction of sp³-hybridized carbons (Fsp3) is 0.541. The Hall–Kier alpha value is -4.05. The van der Waals surface area contributed by atoms with Gasteiger partial charge in [-0.25, -0.2) is 19.7 Å². The van der Waals surface area contributed by atoms with E-state index in [9.17, 15) is 10.1 Å². The lowest BCUT2D eigenvalue weighted by atomic mass is 9.83. The summed E-state index contributed by atoms with van der Waals surface area (Å²) in [5, 5.41) is 13.8. The van der Waals surface area contributed by atoms with Crippen molar-refractivity contribution in [3.05, 3.63) is 52.8 Å². The minimum atomic E-state index is -2.15. The van der Waals surface area contributed by atoms with E-state index in [0.29, 0.717) is 60.8 Å². The van der Waals surface area contributed by atoms with E-state index >= 15 is 0 Å². The normalized spacial score (nSPS) is 17.7. The number of nitrogens with one attached hydrogen (secondary N) is 1. The van der Waals surface area contributed by atoms with Gasteiger partial charge >= 0.3 is 6.09 Å². The maximum atomic E-state index is 13.6. The monoisotopic (exact) mass is 686 g/mol. The minimum Gasteiger partial charge on any atom is -0.473 e. The van der Waals surface area contributed by atoms with Gasteiger partial charge in [0.25, 0.3) is 0 Å². The first-order valence-corrected chi connectivity index (χ1v) is 19.8. The highest BCUT2D eigenvalue weighted by atomic mass is 28.4. The van der Waals surface area contributed by atoms with Crippen molar-refractivity contribution in [2.45, 2.75) is 111 Å². The van der Waals surface area contributed by atoms with Gasteiger partial charge in [-0.1, -0.05) is 27.7 Å². The van der Waals surface area contributed by atoms with Gasteiger partial charge in [0.05, 0.1) is 42.0 Å². The van der Waals surface area contributed by atoms with Crippen molar-refractivity contribution < 1.29 is 23.4 Å². The van der Waals surface area contributed by atoms with Gasteiger partial charge < -0.3 is 24.0 Å². The number of nitrogens with zero attached hydrogens (tertiary/aromatic N) is 5. The molecule has 49 heavy (non-hydrogen) atoms. The van der Waals surface area contributed by atoms with E-state index in [2.05, 4.69) is 57.2 Å². The van der Waals surface area contributed by atoms with Crippen LogP contribution in [0.4, 0.5) is 22.1 Å². The summed E-state index contributed by atoms with van der Waals surface area (Å²) in [6.45, 7) is 24.4. The Morgan fingerprint density at radius 3 is 2.55 bits per heavy atom. The molecule has 3 aromatic rings. The molecule has 2 aliphatic heterocycles. The van der Waals surface area contributed by atoms with E-state index in [-0.39, 0.29) is 11.1 Å². The molecular formula is C37H50N6O5Si. The number of ether oxygens (including phenoxy) is 3. The second kappa shape index (κ2) is 13.3. The lowest BCUT2D eigenvalue weighted by Gasteiger charge is -2.39. The maximum Gasteiger partial charge on any atom is 0.414 e. The Bertz CT molecular complexity index is 1770. The van der Waals surface area contributed by atoms with Crippen molar-refractivity contribution in [3.63, 3.8) is 0 Å². The number of carbonyl (C=O) groups is 1. The molecule has 12 heteroatoms. The summed E-state index contributed by atoms with van der Waals surface area (Å²) in [6, 6.07) is 9.94. The first kappa shape index (κ1) is 36.2. The number of pyridine rings is 1. The maximum absolute atomic E-state index is 13.6. The van der Waals surface area contributed by atoms with E-state index in [1.807, 2.05) is 52.8 Å². The lowest BCUT2D eigenvalue weighted by Crippen LogP contribution is -2.46. The van der Waals surface area contributed by atoms with Crippen molar-refractivity contribution in [2.24, 2.45) is 0 Å². The van der Waals surface area contributed by atoms with Gasteiger partial charge in [-0.2, -0.15) is 5.26 Å². The van der Waals surface area contributed by atoms with Crippen LogP contribution < -0.4 is 15.0 Å². The Morgan fingerprint density at radius 2 is 1.90 bits per heavy atom. The molecule has 0 radical (unpaired) electrons. The molecule has 5 rings (SSSR count). The molecule has 0 unspecified atom stereocenters. The van der Waals surface area contributed by atoms with Crippen LogP contribution in [0.5, 0.6) is 5.88 Å². The van der Waals surface area contributed by atoms with Crippen LogP contribution in [-0.2, 0) is 32.3 Å². The average Bonchev–Trinajstić information content (AvgIpc) is 3.31. The zero-order valence-corrected chi connectivity index (χ0v) is 31.8. The van der Waals surface area contributed by atoms with Crippen LogP contribution in [0.2, 0.25) is 18.1 Å². The molecule has 1 aromatic carbocycles. The summed E-state index contributed by atoms with van der Waals surface area (Å²) < 4.78 is 24.3. The first-order valence-electron chi connectivity index (χ1n) is 16.9. The predicted octanol–water partition coefficient (Wildman–Crippen LogP) is 8.05. The summed E-state index contributed by atoms with van der Waals surface area (Å²) in [7, 11) is -2.15. The molecule has 0 bridgehead atoms. The Morgan fingerprint density at radius 1 is 1.16 bits per heavy atom. The molecule has 4 heterocycles. The van der Waals surface area contributed by atoms with Gasteiger partial charge in [-0.3, -0.25) is 4.90 Å². The number of anilines is 3. The molecule has 1 N–H and O–H groups in total. The van der Waals surface area contributed by atoms with Gasteiger partial charge in [-0.15, -0.1) is 0 Å². The molecule has 2 aromatic heterocycles. The van der Waals surface area contributed by atoms with Crippen LogP contribution in [0, 0.1) is 11.3 Å². The van der Waals surface area contributed by atoms with Crippen molar-refractivity contribution >= 4 is 31.7 Å². The van der Waals surface area contributed by atoms with Crippen LogP contribution >= 0.6 is 0 Å². The topological polar surface area (TPSA) is 132 Å². The third-order valence-electron chi connectivity index (χ3n) is 9.27. The second-order valence-electron chi connectivity index (χ2n) is 16.0. The molecule has 11 nitrogen and oxygen atoms in total. The van der Waals surface area contributed by atoms with Crippen LogP contribution in [0.25, 0.3) is 11.3 Å². The zero-order valence-electron chi connectivity index (χ0n) is 30.8. The molecule has 0 saturated heterocycles. The molecule has 1 atom stereocenters. The number of rotatable bonds is 8. The number of benzene rings is 1. The number of hydrogen-bond donors (Lipinski definition) is 1. The molecule has 1 amide bonds. The van der Waals surface area contributed by atoms with Crippen LogP contribution in [0.1, 0.15) is 84.7 Å². The molecule has 262 valence electrons. The van der Waals surface area contributed by atoms with Crippen molar-refractivity contribution in [3.8, 4) is 23.2 Å². The van der Waals surface area contributed by atoms with Crippen LogP contribution in [0.15, 0.2) is 30.5 Å². The molecule has 0 saturated carbocycles. The quantitative estimate of drug-likeness (QED) is 0.232. The van der Waals surface area contributed by atoms with Gasteiger partial charge in [0.15, 0.2) is 8.32 Å². The number of carbonyl (C=O) groups excluding carboxylic acids is 1. The molecular weight excluding hydrogens is 637 g/mol. The summed E-state index contributed by atoms with van der Waals surface area (Å²) in [5.41, 5.74) is 4.36. The highest BCUT2D eigenvalue weighted by molar-refractivity contribution is 6.74. The zero-order chi connectivity index (χ0) is 35.9. The SMILES string of the molecule is CC(C)Oc1nc2c(cc1Nc1nccc(-c3cc(C#N)c4c(c3)[C@@](C)(CO[Si](C)(C)C(C)(C)C)CN4C(=O)OC(C)(C)C)n1)COCC2. The minimum absolute atomic E-state index is 0.000338. The van der Waals surface area contributed by atoms with E-state index in [1.54, 1.807) is 17.2 Å². The van der Waals surface area contributed by atoms with Crippen LogP contribution in [0.3, 0.4) is 0 Å². The van der Waals surface area contributed by atoms with Gasteiger partial charge in [0.1, 0.15) is 17.4 Å². The third-order valence-corrected chi connectivity index (χ3v) is 13.7. The van der Waals surface area contributed by atoms with Crippen molar-refractivity contribution in [1.29, 1.82) is 5.26 Å². The smallest absolute Gasteiger partial charge is 0.414 e. The Labute approximate surface area is 291 Å². The van der Waals surface area contributed by atoms with Gasteiger partial charge in [-0.05, 0) is 82.6 Å². The van der Waals surface area contributed by atoms with Gasteiger partial charge in [0, 0.05) is 42.3 Å². The molecule has 0 aliphatic carbocycles. The highest BCUT2D eigenvalue weighted by Gasteiger charge is 2.47. The van der Waals surface area contributed by atoms with E-state index in [4.69, 9.17) is 28.6 Å². The largest absolute Gasteiger partial charge is 0.473 e. The highest BCUT2D eigenvalue weighted by Crippen LogP contribution is 2.47. The summed E-state index contributed by atoms with van der Waals surface area (Å²) in [4.78, 5) is 29.4. The molecule has 0 fully saturated rings. The number of amides is 1. The average molecular weight is 687 g/mol. The fourth-order valence-corrected chi connectivity index (χ4v) is 6.77.